The van der Waals surface area contributed by atoms with Crippen LogP contribution < -0.4 is 5.32 Å². The number of carbonyl (C=O) groups is 2. The van der Waals surface area contributed by atoms with E-state index in [1.807, 2.05) is 17.8 Å². The summed E-state index contributed by atoms with van der Waals surface area (Å²) in [6.07, 6.45) is 4.36. The van der Waals surface area contributed by atoms with Gasteiger partial charge in [0.05, 0.1) is 18.6 Å². The van der Waals surface area contributed by atoms with Crippen LogP contribution in [-0.4, -0.2) is 38.0 Å². The van der Waals surface area contributed by atoms with Crippen LogP contribution in [0.3, 0.4) is 0 Å². The van der Waals surface area contributed by atoms with Crippen molar-refractivity contribution in [2.24, 2.45) is 7.05 Å². The molecule has 0 aliphatic carbocycles. The molecule has 3 heterocycles. The van der Waals surface area contributed by atoms with Crippen molar-refractivity contribution in [3.05, 3.63) is 70.6 Å². The summed E-state index contributed by atoms with van der Waals surface area (Å²) >= 11 is 0. The first-order chi connectivity index (χ1) is 13.5. The predicted molar refractivity (Wildman–Crippen MR) is 101 cm³/mol. The molecule has 0 bridgehead atoms. The maximum absolute atomic E-state index is 12.7. The number of amides is 2. The van der Waals surface area contributed by atoms with Gasteiger partial charge in [-0.3, -0.25) is 9.59 Å². The molecule has 1 aromatic carbocycles. The molecule has 1 aliphatic heterocycles. The fraction of sp³-hybridized carbons (Fsp3) is 0.300. The molecule has 0 spiro atoms. The molecule has 1 aliphatic rings. The molecule has 1 N–H and O–H groups in total. The average molecular weight is 379 g/mol. The van der Waals surface area contributed by atoms with Crippen molar-refractivity contribution in [2.75, 3.05) is 6.54 Å². The Labute approximate surface area is 162 Å². The first-order valence-corrected chi connectivity index (χ1v) is 9.09. The maximum atomic E-state index is 12.7. The molecule has 8 nitrogen and oxygen atoms in total. The largest absolute Gasteiger partial charge is 0.361 e. The quantitative estimate of drug-likeness (QED) is 0.705. The molecule has 4 rings (SSSR count). The fourth-order valence-electron chi connectivity index (χ4n) is 3.40. The lowest BCUT2D eigenvalue weighted by Gasteiger charge is -2.14. The summed E-state index contributed by atoms with van der Waals surface area (Å²) in [4.78, 5) is 31.5. The number of nitrogens with one attached hydrogen (secondary N) is 1. The minimum Gasteiger partial charge on any atom is -0.361 e. The van der Waals surface area contributed by atoms with Gasteiger partial charge in [-0.05, 0) is 24.6 Å². The monoisotopic (exact) mass is 379 g/mol. The SMILES string of the molecule is Cc1cc(CNC(=O)c2cccc3c2CN(CCc2cn(C)cn2)C3=O)no1. The molecule has 0 radical (unpaired) electrons. The lowest BCUT2D eigenvalue weighted by molar-refractivity contribution is 0.0778. The summed E-state index contributed by atoms with van der Waals surface area (Å²) in [6.45, 7) is 3.06. The third kappa shape index (κ3) is 3.53. The fourth-order valence-corrected chi connectivity index (χ4v) is 3.40. The number of imidazole rings is 1. The van der Waals surface area contributed by atoms with Crippen molar-refractivity contribution in [1.82, 2.24) is 24.9 Å². The number of aryl methyl sites for hydroxylation is 2. The summed E-state index contributed by atoms with van der Waals surface area (Å²) < 4.78 is 6.89. The van der Waals surface area contributed by atoms with E-state index in [0.29, 0.717) is 42.1 Å². The number of hydrogen-bond acceptors (Lipinski definition) is 5. The third-order valence-corrected chi connectivity index (χ3v) is 4.79. The van der Waals surface area contributed by atoms with Gasteiger partial charge >= 0.3 is 0 Å². The van der Waals surface area contributed by atoms with E-state index in [2.05, 4.69) is 15.5 Å². The Morgan fingerprint density at radius 2 is 2.18 bits per heavy atom. The minimum absolute atomic E-state index is 0.0484. The van der Waals surface area contributed by atoms with Crippen LogP contribution in [0, 0.1) is 6.92 Å². The van der Waals surface area contributed by atoms with Gasteiger partial charge in [0.25, 0.3) is 11.8 Å². The van der Waals surface area contributed by atoms with Crippen LogP contribution in [-0.2, 0) is 26.6 Å². The zero-order valence-corrected chi connectivity index (χ0v) is 15.8. The van der Waals surface area contributed by atoms with Crippen molar-refractivity contribution in [1.29, 1.82) is 0 Å². The van der Waals surface area contributed by atoms with Crippen LogP contribution in [0.15, 0.2) is 41.3 Å². The third-order valence-electron chi connectivity index (χ3n) is 4.79. The molecule has 2 aromatic heterocycles. The van der Waals surface area contributed by atoms with E-state index in [4.69, 9.17) is 4.52 Å². The van der Waals surface area contributed by atoms with Gasteiger partial charge < -0.3 is 19.3 Å². The van der Waals surface area contributed by atoms with Crippen molar-refractivity contribution in [3.8, 4) is 0 Å². The van der Waals surface area contributed by atoms with Crippen molar-refractivity contribution in [3.63, 3.8) is 0 Å². The Kier molecular flexibility index (Phi) is 4.68. The van der Waals surface area contributed by atoms with Gasteiger partial charge in [0, 0.05) is 49.9 Å². The van der Waals surface area contributed by atoms with Crippen LogP contribution >= 0.6 is 0 Å². The van der Waals surface area contributed by atoms with Crippen molar-refractivity contribution < 1.29 is 14.1 Å². The number of rotatable bonds is 6. The number of carbonyl (C=O) groups excluding carboxylic acids is 2. The summed E-state index contributed by atoms with van der Waals surface area (Å²) in [7, 11) is 1.92. The van der Waals surface area contributed by atoms with E-state index in [9.17, 15) is 9.59 Å². The topological polar surface area (TPSA) is 93.3 Å². The summed E-state index contributed by atoms with van der Waals surface area (Å²) in [6, 6.07) is 7.04. The first kappa shape index (κ1) is 18.0. The van der Waals surface area contributed by atoms with Gasteiger partial charge in [-0.15, -0.1) is 0 Å². The van der Waals surface area contributed by atoms with Crippen LogP contribution in [0.25, 0.3) is 0 Å². The minimum atomic E-state index is -0.225. The molecule has 144 valence electrons. The predicted octanol–water partition coefficient (Wildman–Crippen LogP) is 1.85. The smallest absolute Gasteiger partial charge is 0.254 e. The summed E-state index contributed by atoms with van der Waals surface area (Å²) in [5.41, 5.74) is 3.47. The highest BCUT2D eigenvalue weighted by Gasteiger charge is 2.30. The highest BCUT2D eigenvalue weighted by Crippen LogP contribution is 2.26. The second-order valence-electron chi connectivity index (χ2n) is 6.95. The number of aromatic nitrogens is 3. The van der Waals surface area contributed by atoms with E-state index in [0.717, 1.165) is 11.3 Å². The number of hydrogen-bond donors (Lipinski definition) is 1. The molecule has 0 atom stereocenters. The lowest BCUT2D eigenvalue weighted by Crippen LogP contribution is -2.27. The molecular formula is C20H21N5O3. The molecule has 0 fully saturated rings. The zero-order chi connectivity index (χ0) is 19.7. The Hall–Kier alpha value is -3.42. The van der Waals surface area contributed by atoms with Gasteiger partial charge in [0.1, 0.15) is 11.5 Å². The van der Waals surface area contributed by atoms with E-state index < -0.39 is 0 Å². The molecule has 0 saturated carbocycles. The molecule has 2 amide bonds. The Morgan fingerprint density at radius 3 is 2.89 bits per heavy atom. The van der Waals surface area contributed by atoms with Gasteiger partial charge in [0.2, 0.25) is 0 Å². The van der Waals surface area contributed by atoms with Gasteiger partial charge in [-0.1, -0.05) is 11.2 Å². The van der Waals surface area contributed by atoms with Crippen LogP contribution in [0.4, 0.5) is 0 Å². The second kappa shape index (κ2) is 7.30. The molecule has 28 heavy (non-hydrogen) atoms. The zero-order valence-electron chi connectivity index (χ0n) is 15.8. The first-order valence-electron chi connectivity index (χ1n) is 9.09. The standard InChI is InChI=1S/C20H21N5O3/c1-13-8-15(23-28-13)9-21-19(26)16-4-3-5-17-18(16)11-25(20(17)27)7-6-14-10-24(2)12-22-14/h3-5,8,10,12H,6-7,9,11H2,1-2H3,(H,21,26). The van der Waals surface area contributed by atoms with Gasteiger partial charge in [0.15, 0.2) is 0 Å². The second-order valence-corrected chi connectivity index (χ2v) is 6.95. The molecule has 0 saturated heterocycles. The molecule has 8 heteroatoms. The van der Waals surface area contributed by atoms with E-state index >= 15 is 0 Å². The van der Waals surface area contributed by atoms with Gasteiger partial charge in [-0.25, -0.2) is 4.98 Å². The Bertz CT molecular complexity index is 1040. The molecular weight excluding hydrogens is 358 g/mol. The lowest BCUT2D eigenvalue weighted by atomic mass is 10.0. The summed E-state index contributed by atoms with van der Waals surface area (Å²) in [5.74, 6) is 0.420. The van der Waals surface area contributed by atoms with E-state index in [1.165, 1.54) is 0 Å². The highest BCUT2D eigenvalue weighted by molar-refractivity contribution is 6.04. The Morgan fingerprint density at radius 1 is 1.32 bits per heavy atom. The van der Waals surface area contributed by atoms with Crippen LogP contribution in [0.1, 0.15) is 43.4 Å². The van der Waals surface area contributed by atoms with E-state index in [-0.39, 0.29) is 18.4 Å². The number of nitrogens with zero attached hydrogens (tertiary/aromatic N) is 4. The Balaban J connectivity index is 1.45. The number of benzene rings is 1. The van der Waals surface area contributed by atoms with Crippen LogP contribution in [0.2, 0.25) is 0 Å². The molecule has 0 unspecified atom stereocenters. The number of fused-ring (bicyclic) bond motifs is 1. The normalized spacial score (nSPS) is 13.1. The van der Waals surface area contributed by atoms with Crippen molar-refractivity contribution in [2.45, 2.75) is 26.4 Å². The summed E-state index contributed by atoms with van der Waals surface area (Å²) in [5, 5.41) is 6.72. The maximum Gasteiger partial charge on any atom is 0.254 e. The van der Waals surface area contributed by atoms with Crippen LogP contribution in [0.5, 0.6) is 0 Å². The average Bonchev–Trinajstić information content (AvgIpc) is 3.37. The van der Waals surface area contributed by atoms with E-state index in [1.54, 1.807) is 42.4 Å². The molecule has 3 aromatic rings. The van der Waals surface area contributed by atoms with Crippen molar-refractivity contribution >= 4 is 11.8 Å². The highest BCUT2D eigenvalue weighted by atomic mass is 16.5. The van der Waals surface area contributed by atoms with Gasteiger partial charge in [-0.2, -0.15) is 0 Å².